The second-order valence-corrected chi connectivity index (χ2v) is 5.95. The summed E-state index contributed by atoms with van der Waals surface area (Å²) in [6.45, 7) is 2.42. The minimum absolute atomic E-state index is 0.0845. The maximum absolute atomic E-state index is 12.4. The molecule has 2 aliphatic heterocycles. The van der Waals surface area contributed by atoms with Crippen LogP contribution in [0.2, 0.25) is 0 Å². The van der Waals surface area contributed by atoms with Crippen molar-refractivity contribution in [3.8, 4) is 11.5 Å². The molecule has 0 spiro atoms. The van der Waals surface area contributed by atoms with Gasteiger partial charge in [-0.3, -0.25) is 19.3 Å². The van der Waals surface area contributed by atoms with Gasteiger partial charge in [0.05, 0.1) is 0 Å². The van der Waals surface area contributed by atoms with Gasteiger partial charge in [-0.15, -0.1) is 0 Å². The first-order chi connectivity index (χ1) is 12.4. The quantitative estimate of drug-likeness (QED) is 0.550. The van der Waals surface area contributed by atoms with Crippen LogP contribution in [0.5, 0.6) is 11.5 Å². The van der Waals surface area contributed by atoms with Crippen molar-refractivity contribution in [3.05, 3.63) is 23.8 Å². The van der Waals surface area contributed by atoms with E-state index in [9.17, 15) is 19.2 Å². The molecule has 1 saturated heterocycles. The fraction of sp³-hybridized carbons (Fsp3) is 0.412. The van der Waals surface area contributed by atoms with E-state index in [-0.39, 0.29) is 13.1 Å². The summed E-state index contributed by atoms with van der Waals surface area (Å²) in [7, 11) is 1.56. The minimum atomic E-state index is -0.974. The number of benzene rings is 1. The van der Waals surface area contributed by atoms with Crippen LogP contribution < -0.4 is 9.47 Å². The Labute approximate surface area is 150 Å². The van der Waals surface area contributed by atoms with E-state index >= 15 is 0 Å². The number of ether oxygens (including phenoxy) is 2. The summed E-state index contributed by atoms with van der Waals surface area (Å²) in [4.78, 5) is 50.9. The van der Waals surface area contributed by atoms with Crippen molar-refractivity contribution in [2.75, 3.05) is 33.4 Å². The Hall–Kier alpha value is -3.10. The fourth-order valence-electron chi connectivity index (χ4n) is 2.77. The number of carbonyl (C=O) groups is 4. The van der Waals surface area contributed by atoms with Crippen LogP contribution in [0.1, 0.15) is 12.5 Å². The van der Waals surface area contributed by atoms with Crippen molar-refractivity contribution < 1.29 is 28.7 Å². The van der Waals surface area contributed by atoms with E-state index < -0.39 is 30.3 Å². The number of likely N-dealkylation sites (N-methyl/N-ethyl adjacent to an activating group) is 2. The van der Waals surface area contributed by atoms with E-state index in [4.69, 9.17) is 9.47 Å². The van der Waals surface area contributed by atoms with Crippen LogP contribution in [0.15, 0.2) is 18.2 Å². The highest BCUT2D eigenvalue weighted by Crippen LogP contribution is 2.31. The molecule has 0 bridgehead atoms. The second kappa shape index (κ2) is 7.03. The second-order valence-electron chi connectivity index (χ2n) is 5.95. The molecule has 9 nitrogen and oxygen atoms in total. The van der Waals surface area contributed by atoms with Crippen molar-refractivity contribution in [2.45, 2.75) is 13.5 Å². The van der Waals surface area contributed by atoms with Crippen LogP contribution in [0.25, 0.3) is 0 Å². The molecule has 138 valence electrons. The smallest absolute Gasteiger partial charge is 0.334 e. The highest BCUT2D eigenvalue weighted by Gasteiger charge is 2.44. The molecule has 0 radical (unpaired) electrons. The number of nitrogens with zero attached hydrogens (tertiary/aromatic N) is 3. The predicted molar refractivity (Wildman–Crippen MR) is 88.4 cm³/mol. The van der Waals surface area contributed by atoms with Gasteiger partial charge in [0.15, 0.2) is 11.5 Å². The Morgan fingerprint density at radius 1 is 1.08 bits per heavy atom. The average molecular weight is 361 g/mol. The van der Waals surface area contributed by atoms with Crippen molar-refractivity contribution >= 4 is 23.8 Å². The van der Waals surface area contributed by atoms with E-state index in [0.717, 1.165) is 10.5 Å². The highest BCUT2D eigenvalue weighted by molar-refractivity contribution is 6.45. The normalized spacial score (nSPS) is 16.3. The molecule has 1 fully saturated rings. The Balaban J connectivity index is 1.64. The van der Waals surface area contributed by atoms with E-state index in [0.29, 0.717) is 29.6 Å². The topological polar surface area (TPSA) is 96.5 Å². The Kier molecular flexibility index (Phi) is 4.79. The number of rotatable bonds is 5. The number of fused-ring (bicyclic) bond motifs is 1. The third kappa shape index (κ3) is 3.19. The Bertz CT molecular complexity index is 778. The maximum atomic E-state index is 12.4. The van der Waals surface area contributed by atoms with Crippen LogP contribution in [-0.2, 0) is 20.9 Å². The zero-order chi connectivity index (χ0) is 18.8. The lowest BCUT2D eigenvalue weighted by atomic mass is 10.2. The van der Waals surface area contributed by atoms with Gasteiger partial charge in [0, 0.05) is 20.1 Å². The summed E-state index contributed by atoms with van der Waals surface area (Å²) in [5.74, 6) is -1.06. The van der Waals surface area contributed by atoms with Crippen LogP contribution in [0.4, 0.5) is 4.79 Å². The van der Waals surface area contributed by atoms with Crippen LogP contribution in [0.3, 0.4) is 0 Å². The molecule has 9 heteroatoms. The molecule has 0 aliphatic carbocycles. The van der Waals surface area contributed by atoms with E-state index in [1.807, 2.05) is 6.07 Å². The third-order valence-electron chi connectivity index (χ3n) is 4.20. The zero-order valence-corrected chi connectivity index (χ0v) is 14.6. The zero-order valence-electron chi connectivity index (χ0n) is 14.6. The van der Waals surface area contributed by atoms with E-state index in [1.165, 1.54) is 4.90 Å². The lowest BCUT2D eigenvalue weighted by Crippen LogP contribution is -2.42. The number of carbonyl (C=O) groups excluding carboxylic acids is 4. The Morgan fingerprint density at radius 3 is 2.38 bits per heavy atom. The summed E-state index contributed by atoms with van der Waals surface area (Å²) < 4.78 is 11.0. The van der Waals surface area contributed by atoms with Crippen molar-refractivity contribution in [3.63, 3.8) is 0 Å². The van der Waals surface area contributed by atoms with Crippen LogP contribution in [0, 0.1) is 0 Å². The summed E-state index contributed by atoms with van der Waals surface area (Å²) >= 11 is 0. The molecule has 0 atom stereocenters. The largest absolute Gasteiger partial charge is 0.486 e. The first kappa shape index (κ1) is 17.7. The van der Waals surface area contributed by atoms with Gasteiger partial charge in [-0.25, -0.2) is 9.69 Å². The molecule has 2 aliphatic rings. The molecule has 1 aromatic carbocycles. The Morgan fingerprint density at radius 2 is 1.73 bits per heavy atom. The van der Waals surface area contributed by atoms with Gasteiger partial charge in [0.1, 0.15) is 19.8 Å². The number of amides is 5. The lowest BCUT2D eigenvalue weighted by molar-refractivity contribution is -0.144. The summed E-state index contributed by atoms with van der Waals surface area (Å²) in [6, 6.07) is 4.61. The van der Waals surface area contributed by atoms with Gasteiger partial charge >= 0.3 is 17.8 Å². The molecule has 1 aromatic rings. The highest BCUT2D eigenvalue weighted by atomic mass is 16.6. The standard InChI is InChI=1S/C17H19N3O6/c1-3-19-15(22)16(23)20(17(19)24)10-14(21)18(2)9-11-4-5-12-13(8-11)26-7-6-25-12/h4-5,8H,3,6-7,9-10H2,1-2H3. The van der Waals surface area contributed by atoms with Gasteiger partial charge in [0.2, 0.25) is 5.91 Å². The van der Waals surface area contributed by atoms with E-state index in [1.54, 1.807) is 26.1 Å². The molecule has 0 aromatic heterocycles. The third-order valence-corrected chi connectivity index (χ3v) is 4.20. The average Bonchev–Trinajstić information content (AvgIpc) is 2.84. The molecule has 2 heterocycles. The molecule has 0 N–H and O–H groups in total. The number of urea groups is 1. The molecular formula is C17H19N3O6. The molecular weight excluding hydrogens is 342 g/mol. The predicted octanol–water partition coefficient (Wildman–Crippen LogP) is 0.227. The monoisotopic (exact) mass is 361 g/mol. The van der Waals surface area contributed by atoms with Crippen LogP contribution >= 0.6 is 0 Å². The van der Waals surface area contributed by atoms with Gasteiger partial charge in [-0.05, 0) is 24.6 Å². The molecule has 5 amide bonds. The lowest BCUT2D eigenvalue weighted by Gasteiger charge is -2.22. The SMILES string of the molecule is CCN1C(=O)C(=O)N(CC(=O)N(C)Cc2ccc3c(c2)OCCO3)C1=O. The first-order valence-corrected chi connectivity index (χ1v) is 8.22. The van der Waals surface area contributed by atoms with Crippen molar-refractivity contribution in [1.82, 2.24) is 14.7 Å². The fourth-order valence-corrected chi connectivity index (χ4v) is 2.77. The minimum Gasteiger partial charge on any atom is -0.486 e. The van der Waals surface area contributed by atoms with E-state index in [2.05, 4.69) is 0 Å². The van der Waals surface area contributed by atoms with Gasteiger partial charge in [0.25, 0.3) is 0 Å². The molecule has 3 rings (SSSR count). The van der Waals surface area contributed by atoms with Gasteiger partial charge < -0.3 is 14.4 Å². The summed E-state index contributed by atoms with van der Waals surface area (Å²) in [5.41, 5.74) is 0.815. The maximum Gasteiger partial charge on any atom is 0.334 e. The van der Waals surface area contributed by atoms with Crippen molar-refractivity contribution in [1.29, 1.82) is 0 Å². The number of imide groups is 2. The van der Waals surface area contributed by atoms with Crippen LogP contribution in [-0.4, -0.2) is 71.8 Å². The first-order valence-electron chi connectivity index (χ1n) is 8.22. The molecule has 0 saturated carbocycles. The summed E-state index contributed by atoms with van der Waals surface area (Å²) in [6.07, 6.45) is 0. The van der Waals surface area contributed by atoms with Crippen molar-refractivity contribution in [2.24, 2.45) is 0 Å². The van der Waals surface area contributed by atoms with Gasteiger partial charge in [-0.1, -0.05) is 6.07 Å². The number of hydrogen-bond donors (Lipinski definition) is 0. The number of hydrogen-bond acceptors (Lipinski definition) is 6. The summed E-state index contributed by atoms with van der Waals surface area (Å²) in [5, 5.41) is 0. The molecule has 0 unspecified atom stereocenters. The van der Waals surface area contributed by atoms with Gasteiger partial charge in [-0.2, -0.15) is 0 Å². The molecule has 26 heavy (non-hydrogen) atoms.